The van der Waals surface area contributed by atoms with Crippen molar-refractivity contribution in [2.75, 3.05) is 50.4 Å². The molecule has 3 aromatic carbocycles. The third-order valence-corrected chi connectivity index (χ3v) is 12.3. The molecule has 0 bridgehead atoms. The van der Waals surface area contributed by atoms with Crippen LogP contribution in [0.5, 0.6) is 11.5 Å². The van der Waals surface area contributed by atoms with Gasteiger partial charge in [0.1, 0.15) is 29.2 Å². The fraction of sp³-hybridized carbons (Fsp3) is 0.455. The molecule has 324 valence electrons. The number of ether oxygens (including phenoxy) is 2. The van der Waals surface area contributed by atoms with Crippen LogP contribution >= 0.6 is 11.6 Å². The Kier molecular flexibility index (Phi) is 14.6. The van der Waals surface area contributed by atoms with E-state index < -0.39 is 23.4 Å². The van der Waals surface area contributed by atoms with E-state index in [1.54, 1.807) is 25.1 Å². The van der Waals surface area contributed by atoms with Gasteiger partial charge in [-0.1, -0.05) is 31.5 Å². The molecule has 4 aliphatic heterocycles. The third kappa shape index (κ3) is 10.3. The molecule has 4 aliphatic rings. The summed E-state index contributed by atoms with van der Waals surface area (Å²) >= 11 is 6.57. The van der Waals surface area contributed by atoms with Crippen molar-refractivity contribution in [3.05, 3.63) is 75.8 Å². The number of benzene rings is 3. The number of nitrogens with one attached hydrogen (secondary N) is 2. The fourth-order valence-electron chi connectivity index (χ4n) is 8.30. The van der Waals surface area contributed by atoms with Crippen molar-refractivity contribution in [3.63, 3.8) is 0 Å². The summed E-state index contributed by atoms with van der Waals surface area (Å²) in [6.45, 7) is 8.68. The van der Waals surface area contributed by atoms with E-state index in [-0.39, 0.29) is 70.3 Å². The van der Waals surface area contributed by atoms with Gasteiger partial charge in [0, 0.05) is 25.2 Å². The van der Waals surface area contributed by atoms with Gasteiger partial charge in [-0.2, -0.15) is 5.26 Å². The zero-order chi connectivity index (χ0) is 43.8. The summed E-state index contributed by atoms with van der Waals surface area (Å²) in [4.78, 5) is 59.1. The molecule has 4 N–H and O–H groups in total. The van der Waals surface area contributed by atoms with Crippen LogP contribution in [0.25, 0.3) is 0 Å². The van der Waals surface area contributed by atoms with Crippen molar-refractivity contribution in [2.24, 2.45) is 4.99 Å². The van der Waals surface area contributed by atoms with Gasteiger partial charge >= 0.3 is 0 Å². The van der Waals surface area contributed by atoms with Crippen LogP contribution in [0.3, 0.4) is 0 Å². The molecule has 0 aromatic heterocycles. The number of hydrogen-bond acceptors (Lipinski definition) is 11. The van der Waals surface area contributed by atoms with Crippen LogP contribution in [0.1, 0.15) is 81.4 Å². The van der Waals surface area contributed by atoms with Crippen LogP contribution in [0.4, 0.5) is 25.8 Å². The Morgan fingerprint density at radius 1 is 1.11 bits per heavy atom. The number of nitrogens with two attached hydrogens (primary N) is 1. The number of halogens is 3. The predicted octanol–water partition coefficient (Wildman–Crippen LogP) is 6.56. The molecular formula is C44H51ClF2N8O6. The first-order valence-corrected chi connectivity index (χ1v) is 21.0. The molecular weight excluding hydrogens is 810 g/mol. The van der Waals surface area contributed by atoms with Crippen molar-refractivity contribution >= 4 is 59.1 Å². The highest BCUT2D eigenvalue weighted by Gasteiger charge is 2.45. The van der Waals surface area contributed by atoms with Crippen LogP contribution in [0, 0.1) is 29.9 Å². The van der Waals surface area contributed by atoms with Crippen molar-refractivity contribution in [3.8, 4) is 17.6 Å². The first kappa shape index (κ1) is 44.9. The number of amides is 4. The van der Waals surface area contributed by atoms with E-state index in [1.165, 1.54) is 29.4 Å². The van der Waals surface area contributed by atoms with Gasteiger partial charge in [-0.3, -0.25) is 34.3 Å². The molecule has 0 radical (unpaired) electrons. The second-order valence-corrected chi connectivity index (χ2v) is 15.9. The predicted molar refractivity (Wildman–Crippen MR) is 227 cm³/mol. The molecule has 4 heterocycles. The van der Waals surface area contributed by atoms with Crippen LogP contribution < -0.4 is 21.1 Å². The van der Waals surface area contributed by atoms with Gasteiger partial charge in [-0.05, 0) is 112 Å². The minimum absolute atomic E-state index is 0.0126. The quantitative estimate of drug-likeness (QED) is 0.0628. The molecule has 1 spiro atoms. The Labute approximate surface area is 359 Å². The normalized spacial score (nSPS) is 20.4. The lowest BCUT2D eigenvalue weighted by atomic mass is 9.87. The number of rotatable bonds is 11. The average molecular weight is 861 g/mol. The molecule has 4 saturated heterocycles. The summed E-state index contributed by atoms with van der Waals surface area (Å²) in [5.74, 6) is -2.00. The van der Waals surface area contributed by atoms with Crippen molar-refractivity contribution in [2.45, 2.75) is 89.3 Å². The largest absolute Gasteiger partial charge is 0.451 e. The molecule has 0 aliphatic carbocycles. The summed E-state index contributed by atoms with van der Waals surface area (Å²) in [5.41, 5.74) is 7.34. The number of nitrogens with zero attached hydrogens (tertiary/aromatic N) is 5. The van der Waals surface area contributed by atoms with E-state index in [4.69, 9.17) is 26.8 Å². The average Bonchev–Trinajstić information content (AvgIpc) is 3.66. The molecule has 3 aromatic rings. The van der Waals surface area contributed by atoms with Gasteiger partial charge in [0.05, 0.1) is 47.5 Å². The number of nitriles is 1. The maximum absolute atomic E-state index is 15.2. The van der Waals surface area contributed by atoms with E-state index in [9.17, 15) is 28.8 Å². The van der Waals surface area contributed by atoms with E-state index in [0.29, 0.717) is 100 Å². The number of anilines is 2. The first-order valence-electron chi connectivity index (χ1n) is 20.6. The van der Waals surface area contributed by atoms with E-state index in [0.717, 1.165) is 6.07 Å². The lowest BCUT2D eigenvalue weighted by Crippen LogP contribution is -2.50. The van der Waals surface area contributed by atoms with Gasteiger partial charge < -0.3 is 25.4 Å². The van der Waals surface area contributed by atoms with Gasteiger partial charge in [-0.15, -0.1) is 0 Å². The Morgan fingerprint density at radius 2 is 1.85 bits per heavy atom. The smallest absolute Gasteiger partial charge is 0.249 e. The summed E-state index contributed by atoms with van der Waals surface area (Å²) in [6, 6.07) is 11.4. The maximum atomic E-state index is 15.2. The number of carbonyl (C=O) groups excluding carboxylic acids is 4. The van der Waals surface area contributed by atoms with Crippen molar-refractivity contribution in [1.82, 2.24) is 20.0 Å². The van der Waals surface area contributed by atoms with Crippen LogP contribution in [-0.2, 0) is 23.9 Å². The zero-order valence-corrected chi connectivity index (χ0v) is 35.3. The monoisotopic (exact) mass is 860 g/mol. The number of likely N-dealkylation sites (tertiary alicyclic amines) is 2. The summed E-state index contributed by atoms with van der Waals surface area (Å²) in [7, 11) is 0. The van der Waals surface area contributed by atoms with E-state index >= 15 is 4.39 Å². The van der Waals surface area contributed by atoms with Crippen LogP contribution in [-0.4, -0.2) is 102 Å². The summed E-state index contributed by atoms with van der Waals surface area (Å²) in [6.07, 6.45) is 5.98. The number of aliphatic imine (C=N–C) groups is 1. The standard InChI is InChI=1S/C42H45ClF2N8O6.C2H6/c1-25-34(6-8-36(39(25)43)59-40-30(20-46)33(47)5-4-31(40)44)48-23-53(24-54)28-19-42(58-22-28)12-16-52(17-13-42)38(56)21-51-14-10-26(11-15-51)29-3-2-27(18-32(29)45)49-35-7-9-37(55)50-41(35)57;1-2/h2-6,8,18,23-24,26,28,35,49H,7,9-17,19,21-22,47H2,1H3,(H,50,55,57);1-2H3. The molecule has 7 rings (SSSR count). The SMILES string of the molecule is CC.Cc1c(N=CN(C=O)C2COC3(CCN(C(=O)CN4CCC(c5ccc(NC6CCC(=O)NC6=O)cc5F)CC4)CC3)C2)ccc(Oc2c(F)ccc(N)c2C#N)c1Cl. The summed E-state index contributed by atoms with van der Waals surface area (Å²) in [5, 5.41) is 14.9. The van der Waals surface area contributed by atoms with Gasteiger partial charge in [0.2, 0.25) is 24.1 Å². The second-order valence-electron chi connectivity index (χ2n) is 15.5. The van der Waals surface area contributed by atoms with Gasteiger partial charge in [0.15, 0.2) is 11.6 Å². The number of nitrogen functional groups attached to an aromatic ring is 1. The van der Waals surface area contributed by atoms with E-state index in [1.807, 2.05) is 24.8 Å². The minimum Gasteiger partial charge on any atom is -0.451 e. The molecule has 17 heteroatoms. The molecule has 2 unspecified atom stereocenters. The maximum Gasteiger partial charge on any atom is 0.249 e. The topological polar surface area (TPSA) is 183 Å². The molecule has 4 fully saturated rings. The number of hydrogen-bond donors (Lipinski definition) is 3. The van der Waals surface area contributed by atoms with E-state index in [2.05, 4.69) is 20.5 Å². The van der Waals surface area contributed by atoms with Crippen molar-refractivity contribution in [1.29, 1.82) is 5.26 Å². The van der Waals surface area contributed by atoms with Crippen molar-refractivity contribution < 1.29 is 37.4 Å². The molecule has 4 amide bonds. The van der Waals surface area contributed by atoms with Gasteiger partial charge in [-0.25, -0.2) is 13.8 Å². The first-order chi connectivity index (χ1) is 29.4. The summed E-state index contributed by atoms with van der Waals surface area (Å²) < 4.78 is 41.7. The second kappa shape index (κ2) is 19.8. The Bertz CT molecular complexity index is 2200. The highest BCUT2D eigenvalue weighted by Crippen LogP contribution is 2.41. The Balaban J connectivity index is 0.00000307. The Morgan fingerprint density at radius 3 is 2.52 bits per heavy atom. The lowest BCUT2D eigenvalue weighted by Gasteiger charge is -2.40. The number of imide groups is 1. The van der Waals surface area contributed by atoms with Crippen LogP contribution in [0.15, 0.2) is 47.5 Å². The van der Waals surface area contributed by atoms with Gasteiger partial charge in [0.25, 0.3) is 0 Å². The molecule has 2 atom stereocenters. The lowest BCUT2D eigenvalue weighted by molar-refractivity contribution is -0.137. The molecule has 14 nitrogen and oxygen atoms in total. The molecule has 61 heavy (non-hydrogen) atoms. The number of carbonyl (C=O) groups is 4. The number of piperidine rings is 3. The minimum atomic E-state index is -0.765. The third-order valence-electron chi connectivity index (χ3n) is 11.8. The molecule has 0 saturated carbocycles. The fourth-order valence-corrected chi connectivity index (χ4v) is 8.50. The Hall–Kier alpha value is -5.63. The highest BCUT2D eigenvalue weighted by atomic mass is 35.5. The zero-order valence-electron chi connectivity index (χ0n) is 34.5. The highest BCUT2D eigenvalue weighted by molar-refractivity contribution is 6.33. The van der Waals surface area contributed by atoms with Crippen LogP contribution in [0.2, 0.25) is 5.02 Å².